The summed E-state index contributed by atoms with van der Waals surface area (Å²) in [6.07, 6.45) is 2.56. The van der Waals surface area contributed by atoms with Crippen LogP contribution in [0.5, 0.6) is 0 Å². The van der Waals surface area contributed by atoms with Crippen LogP contribution in [0.1, 0.15) is 33.6 Å². The molecule has 4 heteroatoms. The molecule has 2 rings (SSSR count). The van der Waals surface area contributed by atoms with E-state index in [1.165, 1.54) is 28.0 Å². The van der Waals surface area contributed by atoms with Crippen molar-refractivity contribution in [3.8, 4) is 0 Å². The smallest absolute Gasteiger partial charge is 0.0311 e. The lowest BCUT2D eigenvalue weighted by Gasteiger charge is -2.23. The second-order valence-corrected chi connectivity index (χ2v) is 9.29. The largest absolute Gasteiger partial charge is 0.142 e. The van der Waals surface area contributed by atoms with Gasteiger partial charge in [0.25, 0.3) is 0 Å². The average molecular weight is 476 g/mol. The summed E-state index contributed by atoms with van der Waals surface area (Å²) in [4.78, 5) is 2.33. The molecule has 0 aromatic heterocycles. The van der Waals surface area contributed by atoms with Crippen molar-refractivity contribution in [1.82, 2.24) is 0 Å². The van der Waals surface area contributed by atoms with Crippen LogP contribution in [-0.2, 0) is 0 Å². The van der Waals surface area contributed by atoms with Crippen LogP contribution in [-0.4, -0.2) is 5.75 Å². The SMILES string of the molecule is CCCC(C)(C)CSc1ccccc1Br.Sc1ccccc1Br. The summed E-state index contributed by atoms with van der Waals surface area (Å²) in [5.41, 5.74) is 0.439. The maximum atomic E-state index is 4.15. The van der Waals surface area contributed by atoms with E-state index in [1.807, 2.05) is 36.0 Å². The van der Waals surface area contributed by atoms with E-state index in [0.29, 0.717) is 5.41 Å². The molecule has 0 unspecified atom stereocenters. The van der Waals surface area contributed by atoms with Gasteiger partial charge >= 0.3 is 0 Å². The van der Waals surface area contributed by atoms with Crippen molar-refractivity contribution >= 4 is 56.3 Å². The molecular formula is C19H24Br2S2. The maximum Gasteiger partial charge on any atom is 0.0311 e. The average Bonchev–Trinajstić information content (AvgIpc) is 2.50. The molecule has 126 valence electrons. The zero-order chi connectivity index (χ0) is 17.3. The number of thiol groups is 1. The monoisotopic (exact) mass is 474 g/mol. The van der Waals surface area contributed by atoms with Gasteiger partial charge in [0.1, 0.15) is 0 Å². The van der Waals surface area contributed by atoms with Crippen molar-refractivity contribution in [3.63, 3.8) is 0 Å². The van der Waals surface area contributed by atoms with Gasteiger partial charge in [-0.1, -0.05) is 51.5 Å². The van der Waals surface area contributed by atoms with E-state index in [-0.39, 0.29) is 0 Å². The first-order valence-electron chi connectivity index (χ1n) is 7.66. The Bertz CT molecular complexity index is 576. The molecule has 0 heterocycles. The number of rotatable bonds is 5. The van der Waals surface area contributed by atoms with Crippen molar-refractivity contribution in [2.24, 2.45) is 5.41 Å². The lowest BCUT2D eigenvalue weighted by Crippen LogP contribution is -2.13. The normalized spacial score (nSPS) is 10.9. The van der Waals surface area contributed by atoms with Gasteiger partial charge in [-0.15, -0.1) is 24.4 Å². The molecule has 0 saturated carbocycles. The van der Waals surface area contributed by atoms with E-state index in [9.17, 15) is 0 Å². The van der Waals surface area contributed by atoms with E-state index in [2.05, 4.69) is 89.5 Å². The molecule has 0 radical (unpaired) electrons. The number of hydrogen-bond donors (Lipinski definition) is 1. The molecule has 0 amide bonds. The molecular weight excluding hydrogens is 452 g/mol. The summed E-state index contributed by atoms with van der Waals surface area (Å²) >= 11 is 13.0. The number of benzene rings is 2. The Hall–Kier alpha value is 0.1000. The van der Waals surface area contributed by atoms with E-state index >= 15 is 0 Å². The zero-order valence-electron chi connectivity index (χ0n) is 13.9. The molecule has 0 aliphatic carbocycles. The van der Waals surface area contributed by atoms with Crippen LogP contribution in [0.2, 0.25) is 0 Å². The molecule has 2 aromatic carbocycles. The maximum absolute atomic E-state index is 4.15. The van der Waals surface area contributed by atoms with E-state index < -0.39 is 0 Å². The predicted molar refractivity (Wildman–Crippen MR) is 115 cm³/mol. The highest BCUT2D eigenvalue weighted by Gasteiger charge is 2.17. The Balaban J connectivity index is 0.000000277. The summed E-state index contributed by atoms with van der Waals surface area (Å²) < 4.78 is 2.26. The van der Waals surface area contributed by atoms with E-state index in [1.54, 1.807) is 0 Å². The number of hydrogen-bond acceptors (Lipinski definition) is 2. The van der Waals surface area contributed by atoms with Crippen LogP contribution in [0.3, 0.4) is 0 Å². The number of halogens is 2. The first-order valence-corrected chi connectivity index (χ1v) is 10.7. The Labute approximate surface area is 167 Å². The zero-order valence-corrected chi connectivity index (χ0v) is 18.7. The van der Waals surface area contributed by atoms with Crippen LogP contribution < -0.4 is 0 Å². The molecule has 2 aromatic rings. The minimum atomic E-state index is 0.439. The molecule has 0 aliphatic heterocycles. The quantitative estimate of drug-likeness (QED) is 0.336. The molecule has 0 bridgehead atoms. The van der Waals surface area contributed by atoms with Crippen molar-refractivity contribution in [2.75, 3.05) is 5.75 Å². The van der Waals surface area contributed by atoms with Gasteiger partial charge in [0.15, 0.2) is 0 Å². The van der Waals surface area contributed by atoms with Crippen LogP contribution >= 0.6 is 56.3 Å². The standard InChI is InChI=1S/C13H19BrS.C6H5BrS/c1-4-9-13(2,3)10-15-12-8-6-5-7-11(12)14;7-5-3-1-2-4-6(5)8/h5-8H,4,9-10H2,1-3H3;1-4,8H. The summed E-state index contributed by atoms with van der Waals surface area (Å²) in [6.45, 7) is 6.95. The van der Waals surface area contributed by atoms with Crippen LogP contribution in [0.15, 0.2) is 67.3 Å². The Morgan fingerprint density at radius 1 is 0.957 bits per heavy atom. The van der Waals surface area contributed by atoms with Gasteiger partial charge in [-0.25, -0.2) is 0 Å². The molecule has 0 aliphatic rings. The lowest BCUT2D eigenvalue weighted by molar-refractivity contribution is 0.382. The summed E-state index contributed by atoms with van der Waals surface area (Å²) in [7, 11) is 0. The predicted octanol–water partition coefficient (Wildman–Crippen LogP) is 8.11. The Kier molecular flexibility index (Phi) is 9.98. The fourth-order valence-corrected chi connectivity index (χ4v) is 4.18. The molecule has 0 atom stereocenters. The van der Waals surface area contributed by atoms with Gasteiger partial charge in [0.2, 0.25) is 0 Å². The summed E-state index contributed by atoms with van der Waals surface area (Å²) in [5.74, 6) is 1.18. The van der Waals surface area contributed by atoms with Crippen molar-refractivity contribution in [1.29, 1.82) is 0 Å². The van der Waals surface area contributed by atoms with Gasteiger partial charge < -0.3 is 0 Å². The molecule has 0 N–H and O–H groups in total. The van der Waals surface area contributed by atoms with E-state index in [0.717, 1.165) is 9.37 Å². The minimum Gasteiger partial charge on any atom is -0.142 e. The Morgan fingerprint density at radius 2 is 1.52 bits per heavy atom. The first-order chi connectivity index (χ1) is 10.9. The Morgan fingerprint density at radius 3 is 2.00 bits per heavy atom. The highest BCUT2D eigenvalue weighted by molar-refractivity contribution is 9.10. The second kappa shape index (κ2) is 10.9. The summed E-state index contributed by atoms with van der Waals surface area (Å²) in [5, 5.41) is 0. The van der Waals surface area contributed by atoms with Gasteiger partial charge in [-0.05, 0) is 68.0 Å². The topological polar surface area (TPSA) is 0 Å². The van der Waals surface area contributed by atoms with Crippen molar-refractivity contribution < 1.29 is 0 Å². The second-order valence-electron chi connectivity index (χ2n) is 6.08. The fourth-order valence-electron chi connectivity index (χ4n) is 2.04. The number of thioether (sulfide) groups is 1. The highest BCUT2D eigenvalue weighted by Crippen LogP contribution is 2.34. The van der Waals surface area contributed by atoms with Gasteiger partial charge in [0, 0.05) is 24.5 Å². The summed E-state index contributed by atoms with van der Waals surface area (Å²) in [6, 6.07) is 16.3. The molecule has 0 spiro atoms. The van der Waals surface area contributed by atoms with Gasteiger partial charge in [-0.3, -0.25) is 0 Å². The molecule has 0 nitrogen and oxygen atoms in total. The lowest BCUT2D eigenvalue weighted by atomic mass is 9.91. The molecule has 23 heavy (non-hydrogen) atoms. The third-order valence-corrected chi connectivity index (χ3v) is 7.17. The van der Waals surface area contributed by atoms with Crippen molar-refractivity contribution in [3.05, 3.63) is 57.5 Å². The molecule has 0 fully saturated rings. The molecule has 0 saturated heterocycles. The third-order valence-electron chi connectivity index (χ3n) is 3.23. The van der Waals surface area contributed by atoms with Crippen LogP contribution in [0.4, 0.5) is 0 Å². The van der Waals surface area contributed by atoms with Crippen LogP contribution in [0, 0.1) is 5.41 Å². The minimum absolute atomic E-state index is 0.439. The first kappa shape index (κ1) is 21.1. The fraction of sp³-hybridized carbons (Fsp3) is 0.368. The van der Waals surface area contributed by atoms with E-state index in [4.69, 9.17) is 0 Å². The third kappa shape index (κ3) is 8.67. The highest BCUT2D eigenvalue weighted by atomic mass is 79.9. The van der Waals surface area contributed by atoms with Gasteiger partial charge in [-0.2, -0.15) is 0 Å². The van der Waals surface area contributed by atoms with Crippen molar-refractivity contribution in [2.45, 2.75) is 43.4 Å². The van der Waals surface area contributed by atoms with Crippen LogP contribution in [0.25, 0.3) is 0 Å². The van der Waals surface area contributed by atoms with Gasteiger partial charge in [0.05, 0.1) is 0 Å².